The van der Waals surface area contributed by atoms with Crippen molar-refractivity contribution in [1.29, 1.82) is 0 Å². The van der Waals surface area contributed by atoms with Crippen molar-refractivity contribution in [2.24, 2.45) is 0 Å². The van der Waals surface area contributed by atoms with Crippen molar-refractivity contribution in [3.63, 3.8) is 0 Å². The fraction of sp³-hybridized carbons (Fsp3) is 0.368. The fourth-order valence-corrected chi connectivity index (χ4v) is 3.77. The van der Waals surface area contributed by atoms with Crippen LogP contribution in [0.5, 0.6) is 0 Å². The van der Waals surface area contributed by atoms with E-state index in [0.29, 0.717) is 10.8 Å². The number of aryl methyl sites for hydroxylation is 2. The summed E-state index contributed by atoms with van der Waals surface area (Å²) in [5, 5.41) is 17.4. The van der Waals surface area contributed by atoms with E-state index < -0.39 is 23.5 Å². The van der Waals surface area contributed by atoms with Gasteiger partial charge in [-0.15, -0.1) is 0 Å². The van der Waals surface area contributed by atoms with Gasteiger partial charge in [-0.25, -0.2) is 8.78 Å². The topological polar surface area (TPSA) is 94.0 Å². The van der Waals surface area contributed by atoms with Crippen LogP contribution in [0.2, 0.25) is 5.02 Å². The highest BCUT2D eigenvalue weighted by atomic mass is 35.5. The first-order chi connectivity index (χ1) is 13.8. The number of halogens is 3. The van der Waals surface area contributed by atoms with Crippen LogP contribution in [0.3, 0.4) is 0 Å². The summed E-state index contributed by atoms with van der Waals surface area (Å²) < 4.78 is 32.7. The Morgan fingerprint density at radius 3 is 2.76 bits per heavy atom. The molecule has 152 valence electrons. The van der Waals surface area contributed by atoms with Gasteiger partial charge >= 0.3 is 5.97 Å². The molecule has 0 bridgehead atoms. The molecule has 7 nitrogen and oxygen atoms in total. The summed E-state index contributed by atoms with van der Waals surface area (Å²) in [7, 11) is 0. The molecule has 0 atom stereocenters. The summed E-state index contributed by atoms with van der Waals surface area (Å²) in [5.41, 5.74) is 1.14. The van der Waals surface area contributed by atoms with Crippen LogP contribution >= 0.6 is 11.6 Å². The highest BCUT2D eigenvalue weighted by molar-refractivity contribution is 6.31. The molecule has 1 fully saturated rings. The molecule has 0 saturated heterocycles. The number of alkyl halides is 2. The van der Waals surface area contributed by atoms with E-state index in [2.05, 4.69) is 15.2 Å². The molecule has 1 aliphatic rings. The van der Waals surface area contributed by atoms with Gasteiger partial charge in [0.1, 0.15) is 11.4 Å². The molecule has 1 saturated carbocycles. The third-order valence-corrected chi connectivity index (χ3v) is 5.34. The number of aliphatic carboxylic acids is 1. The summed E-state index contributed by atoms with van der Waals surface area (Å²) in [4.78, 5) is 15.3. The zero-order valence-corrected chi connectivity index (χ0v) is 16.2. The van der Waals surface area contributed by atoms with Crippen LogP contribution in [0, 0.1) is 6.92 Å². The van der Waals surface area contributed by atoms with Gasteiger partial charge in [0, 0.05) is 5.02 Å². The molecule has 29 heavy (non-hydrogen) atoms. The molecular weight excluding hydrogens is 406 g/mol. The minimum Gasteiger partial charge on any atom is -0.481 e. The van der Waals surface area contributed by atoms with Crippen LogP contribution in [0.1, 0.15) is 48.3 Å². The third kappa shape index (κ3) is 3.62. The Balaban J connectivity index is 1.70. The first kappa shape index (κ1) is 19.5. The van der Waals surface area contributed by atoms with Crippen LogP contribution in [0.15, 0.2) is 28.8 Å². The molecule has 4 rings (SSSR count). The molecule has 2 heterocycles. The van der Waals surface area contributed by atoms with Crippen molar-refractivity contribution in [3.8, 4) is 11.6 Å². The number of rotatable bonds is 7. The molecule has 1 aliphatic carbocycles. The molecule has 10 heteroatoms. The summed E-state index contributed by atoms with van der Waals surface area (Å²) in [5.74, 6) is -0.635. The van der Waals surface area contributed by atoms with E-state index in [1.165, 1.54) is 0 Å². The summed E-state index contributed by atoms with van der Waals surface area (Å²) >= 11 is 6.42. The maximum atomic E-state index is 13.1. The first-order valence-corrected chi connectivity index (χ1v) is 9.37. The average Bonchev–Trinajstić information content (AvgIpc) is 3.12. The minimum absolute atomic E-state index is 0.0132. The second-order valence-corrected chi connectivity index (χ2v) is 7.52. The van der Waals surface area contributed by atoms with E-state index in [4.69, 9.17) is 21.2 Å². The molecule has 3 aromatic rings. The zero-order valence-electron chi connectivity index (χ0n) is 15.4. The molecule has 1 N–H and O–H groups in total. The van der Waals surface area contributed by atoms with Crippen LogP contribution in [0.4, 0.5) is 8.78 Å². The monoisotopic (exact) mass is 422 g/mol. The van der Waals surface area contributed by atoms with Crippen molar-refractivity contribution >= 4 is 17.6 Å². The van der Waals surface area contributed by atoms with Crippen LogP contribution in [-0.2, 0) is 16.8 Å². The maximum absolute atomic E-state index is 13.1. The second kappa shape index (κ2) is 7.22. The number of nitrogens with zero attached hydrogens (tertiary/aromatic N) is 4. The van der Waals surface area contributed by atoms with E-state index in [1.54, 1.807) is 0 Å². The van der Waals surface area contributed by atoms with Gasteiger partial charge in [-0.2, -0.15) is 10.1 Å². The van der Waals surface area contributed by atoms with Crippen molar-refractivity contribution < 1.29 is 23.2 Å². The Labute approximate surface area is 169 Å². The van der Waals surface area contributed by atoms with E-state index in [1.807, 2.05) is 25.1 Å². The average molecular weight is 423 g/mol. The van der Waals surface area contributed by atoms with Crippen molar-refractivity contribution in [2.75, 3.05) is 0 Å². The Morgan fingerprint density at radius 2 is 2.14 bits per heavy atom. The van der Waals surface area contributed by atoms with Crippen molar-refractivity contribution in [3.05, 3.63) is 51.9 Å². The Bertz CT molecular complexity index is 1080. The lowest BCUT2D eigenvalue weighted by atomic mass is 9.94. The van der Waals surface area contributed by atoms with E-state index in [0.717, 1.165) is 34.7 Å². The molecule has 0 radical (unpaired) electrons. The zero-order chi connectivity index (χ0) is 20.8. The van der Waals surface area contributed by atoms with Gasteiger partial charge < -0.3 is 9.63 Å². The van der Waals surface area contributed by atoms with Crippen LogP contribution < -0.4 is 0 Å². The molecular formula is C19H17ClF2N4O3. The molecule has 2 aromatic heterocycles. The normalized spacial score (nSPS) is 15.1. The van der Waals surface area contributed by atoms with Gasteiger partial charge in [0.25, 0.3) is 12.3 Å². The smallest absolute Gasteiger partial charge is 0.305 e. The van der Waals surface area contributed by atoms with Gasteiger partial charge in [-0.3, -0.25) is 9.48 Å². The number of hydrogen-bond acceptors (Lipinski definition) is 5. The fourth-order valence-electron chi connectivity index (χ4n) is 3.36. The highest BCUT2D eigenvalue weighted by Crippen LogP contribution is 2.54. The summed E-state index contributed by atoms with van der Waals surface area (Å²) in [6, 6.07) is 6.90. The molecule has 0 spiro atoms. The Kier molecular flexibility index (Phi) is 4.85. The molecule has 0 amide bonds. The number of aromatic nitrogens is 4. The quantitative estimate of drug-likeness (QED) is 0.607. The Hall–Kier alpha value is -2.81. The number of hydrogen-bond donors (Lipinski definition) is 1. The van der Waals surface area contributed by atoms with E-state index in [9.17, 15) is 13.6 Å². The largest absolute Gasteiger partial charge is 0.481 e. The molecule has 0 unspecified atom stereocenters. The van der Waals surface area contributed by atoms with Gasteiger partial charge in [-0.1, -0.05) is 28.9 Å². The third-order valence-electron chi connectivity index (χ3n) is 5.02. The van der Waals surface area contributed by atoms with Crippen molar-refractivity contribution in [2.45, 2.75) is 44.6 Å². The Morgan fingerprint density at radius 1 is 1.38 bits per heavy atom. The van der Waals surface area contributed by atoms with Crippen LogP contribution in [0.25, 0.3) is 11.6 Å². The van der Waals surface area contributed by atoms with Crippen molar-refractivity contribution in [1.82, 2.24) is 19.9 Å². The number of carboxylic acids is 1. The predicted molar refractivity (Wildman–Crippen MR) is 98.9 cm³/mol. The molecule has 0 aliphatic heterocycles. The van der Waals surface area contributed by atoms with Gasteiger partial charge in [0.15, 0.2) is 5.82 Å². The van der Waals surface area contributed by atoms with Gasteiger partial charge in [0.2, 0.25) is 0 Å². The van der Waals surface area contributed by atoms with E-state index in [-0.39, 0.29) is 24.6 Å². The predicted octanol–water partition coefficient (Wildman–Crippen LogP) is 4.39. The van der Waals surface area contributed by atoms with Gasteiger partial charge in [-0.05, 0) is 43.0 Å². The lowest BCUT2D eigenvalue weighted by molar-refractivity contribution is -0.137. The minimum atomic E-state index is -2.80. The summed E-state index contributed by atoms with van der Waals surface area (Å²) in [6.07, 6.45) is -1.50. The summed E-state index contributed by atoms with van der Waals surface area (Å²) in [6.45, 7) is 1.85. The number of carboxylic acid groups (broad SMARTS) is 1. The maximum Gasteiger partial charge on any atom is 0.305 e. The first-order valence-electron chi connectivity index (χ1n) is 8.99. The lowest BCUT2D eigenvalue weighted by Crippen LogP contribution is -2.12. The highest BCUT2D eigenvalue weighted by Gasteiger charge is 2.51. The number of benzene rings is 1. The van der Waals surface area contributed by atoms with E-state index >= 15 is 0 Å². The molecule has 1 aromatic carbocycles. The number of carbonyl (C=O) groups is 1. The van der Waals surface area contributed by atoms with Gasteiger partial charge in [0.05, 0.1) is 18.4 Å². The standard InChI is InChI=1S/C19H17ClF2N4O3/c1-10-2-3-11(12(20)8-10)19(5-6-19)18-23-17(29-25-18)14-9-13(16(21)22)24-26(14)7-4-15(27)28/h2-3,8-9,16H,4-7H2,1H3,(H,27,28). The lowest BCUT2D eigenvalue weighted by Gasteiger charge is -2.13. The second-order valence-electron chi connectivity index (χ2n) is 7.11. The SMILES string of the molecule is Cc1ccc(C2(c3noc(-c4cc(C(F)F)nn4CCC(=O)O)n3)CC2)c(Cl)c1. The van der Waals surface area contributed by atoms with Crippen LogP contribution in [-0.4, -0.2) is 31.0 Å².